The quantitative estimate of drug-likeness (QED) is 0.683. The van der Waals surface area contributed by atoms with E-state index in [1.807, 2.05) is 18.3 Å². The van der Waals surface area contributed by atoms with Gasteiger partial charge >= 0.3 is 0 Å². The van der Waals surface area contributed by atoms with E-state index in [2.05, 4.69) is 5.10 Å². The van der Waals surface area contributed by atoms with Gasteiger partial charge in [0.25, 0.3) is 0 Å². The fraction of sp³-hybridized carbons (Fsp3) is 0.176. The zero-order valence-corrected chi connectivity index (χ0v) is 11.3. The molecule has 0 spiro atoms. The van der Waals surface area contributed by atoms with Gasteiger partial charge in [0.05, 0.1) is 5.52 Å². The van der Waals surface area contributed by atoms with E-state index in [-0.39, 0.29) is 5.82 Å². The number of fused-ring (bicyclic) bond motifs is 1. The zero-order valence-electron chi connectivity index (χ0n) is 11.3. The van der Waals surface area contributed by atoms with Crippen LogP contribution in [-0.2, 0) is 0 Å². The maximum atomic E-state index is 13.1. The van der Waals surface area contributed by atoms with Gasteiger partial charge in [-0.1, -0.05) is 0 Å². The number of benzene rings is 1. The molecule has 0 unspecified atom stereocenters. The SMILES string of the molecule is O=Cc1c(-c2ccc(F)cc2)nn2cccc2c1C1CC1. The zero-order chi connectivity index (χ0) is 14.4. The Labute approximate surface area is 121 Å². The second kappa shape index (κ2) is 4.52. The third-order valence-electron chi connectivity index (χ3n) is 3.98. The average Bonchev–Trinajstić information content (AvgIpc) is 3.23. The first-order valence-corrected chi connectivity index (χ1v) is 7.00. The van der Waals surface area contributed by atoms with E-state index in [9.17, 15) is 9.18 Å². The summed E-state index contributed by atoms with van der Waals surface area (Å²) in [6.07, 6.45) is 4.97. The molecule has 0 saturated heterocycles. The van der Waals surface area contributed by atoms with Gasteiger partial charge in [0.2, 0.25) is 0 Å². The van der Waals surface area contributed by atoms with Crippen molar-refractivity contribution in [3.63, 3.8) is 0 Å². The lowest BCUT2D eigenvalue weighted by molar-refractivity contribution is 0.112. The topological polar surface area (TPSA) is 34.4 Å². The molecule has 4 rings (SSSR count). The number of aldehydes is 1. The van der Waals surface area contributed by atoms with Crippen molar-refractivity contribution < 1.29 is 9.18 Å². The molecule has 104 valence electrons. The summed E-state index contributed by atoms with van der Waals surface area (Å²) in [5.74, 6) is 0.140. The Hall–Kier alpha value is -2.49. The van der Waals surface area contributed by atoms with Crippen molar-refractivity contribution in [1.29, 1.82) is 0 Å². The number of halogens is 1. The van der Waals surface area contributed by atoms with Crippen molar-refractivity contribution in [3.8, 4) is 11.3 Å². The van der Waals surface area contributed by atoms with Crippen LogP contribution in [-0.4, -0.2) is 15.9 Å². The third-order valence-corrected chi connectivity index (χ3v) is 3.98. The molecule has 21 heavy (non-hydrogen) atoms. The van der Waals surface area contributed by atoms with Crippen LogP contribution in [0.4, 0.5) is 4.39 Å². The highest BCUT2D eigenvalue weighted by Gasteiger charge is 2.30. The molecule has 0 N–H and O–H groups in total. The standard InChI is InChI=1S/C17H13FN2O/c18-13-7-5-12(6-8-13)17-14(10-21)16(11-3-4-11)15-2-1-9-20(15)19-17/h1-2,5-11H,3-4H2. The molecule has 2 heterocycles. The van der Waals surface area contributed by atoms with E-state index in [0.717, 1.165) is 35.8 Å². The van der Waals surface area contributed by atoms with Gasteiger partial charge in [-0.2, -0.15) is 5.10 Å². The maximum Gasteiger partial charge on any atom is 0.152 e. The molecule has 4 heteroatoms. The van der Waals surface area contributed by atoms with Crippen LogP contribution in [0.5, 0.6) is 0 Å². The molecule has 0 radical (unpaired) electrons. The van der Waals surface area contributed by atoms with Crippen molar-refractivity contribution in [1.82, 2.24) is 9.61 Å². The van der Waals surface area contributed by atoms with E-state index in [0.29, 0.717) is 17.2 Å². The lowest BCUT2D eigenvalue weighted by Gasteiger charge is -2.12. The van der Waals surface area contributed by atoms with Crippen LogP contribution < -0.4 is 0 Å². The van der Waals surface area contributed by atoms with Gasteiger partial charge in [-0.05, 0) is 60.7 Å². The Bertz CT molecular complexity index is 832. The Kier molecular flexibility index (Phi) is 2.64. The van der Waals surface area contributed by atoms with Crippen molar-refractivity contribution in [2.75, 3.05) is 0 Å². The number of aromatic nitrogens is 2. The van der Waals surface area contributed by atoms with Crippen LogP contribution in [0, 0.1) is 5.82 Å². The van der Waals surface area contributed by atoms with Crippen LogP contribution in [0.15, 0.2) is 42.6 Å². The number of rotatable bonds is 3. The number of carbonyl (C=O) groups excluding carboxylic acids is 1. The summed E-state index contributed by atoms with van der Waals surface area (Å²) in [6, 6.07) is 10.0. The van der Waals surface area contributed by atoms with Gasteiger partial charge in [-0.25, -0.2) is 8.91 Å². The minimum absolute atomic E-state index is 0.295. The number of hydrogen-bond donors (Lipinski definition) is 0. The molecule has 2 aromatic heterocycles. The molecule has 0 aliphatic heterocycles. The summed E-state index contributed by atoms with van der Waals surface area (Å²) in [4.78, 5) is 11.7. The first-order valence-electron chi connectivity index (χ1n) is 7.00. The van der Waals surface area contributed by atoms with Crippen molar-refractivity contribution >= 4 is 11.8 Å². The Morgan fingerprint density at radius 3 is 2.62 bits per heavy atom. The third kappa shape index (κ3) is 1.95. The van der Waals surface area contributed by atoms with E-state index >= 15 is 0 Å². The number of nitrogens with zero attached hydrogens (tertiary/aromatic N) is 2. The minimum Gasteiger partial charge on any atom is -0.298 e. The predicted molar refractivity (Wildman–Crippen MR) is 77.9 cm³/mol. The molecule has 1 aromatic carbocycles. The molecule has 1 fully saturated rings. The number of carbonyl (C=O) groups is 1. The van der Waals surface area contributed by atoms with Crippen molar-refractivity contribution in [2.45, 2.75) is 18.8 Å². The molecule has 3 aromatic rings. The highest BCUT2D eigenvalue weighted by molar-refractivity contribution is 5.91. The molecule has 0 bridgehead atoms. The smallest absolute Gasteiger partial charge is 0.152 e. The molecule has 0 amide bonds. The highest BCUT2D eigenvalue weighted by atomic mass is 19.1. The normalized spacial score (nSPS) is 14.5. The van der Waals surface area contributed by atoms with Crippen LogP contribution >= 0.6 is 0 Å². The monoisotopic (exact) mass is 280 g/mol. The predicted octanol–water partition coefficient (Wildman–Crippen LogP) is 3.83. The summed E-state index contributed by atoms with van der Waals surface area (Å²) in [6.45, 7) is 0. The largest absolute Gasteiger partial charge is 0.298 e. The second-order valence-corrected chi connectivity index (χ2v) is 5.41. The molecule has 1 saturated carbocycles. The molecular weight excluding hydrogens is 267 g/mol. The van der Waals surface area contributed by atoms with Crippen LogP contribution in [0.25, 0.3) is 16.8 Å². The molecule has 0 atom stereocenters. The number of hydrogen-bond acceptors (Lipinski definition) is 2. The maximum absolute atomic E-state index is 13.1. The Morgan fingerprint density at radius 2 is 1.95 bits per heavy atom. The molecule has 1 aliphatic carbocycles. The van der Waals surface area contributed by atoms with Gasteiger partial charge in [0, 0.05) is 17.3 Å². The van der Waals surface area contributed by atoms with Crippen LogP contribution in [0.2, 0.25) is 0 Å². The van der Waals surface area contributed by atoms with Gasteiger partial charge in [0.1, 0.15) is 11.5 Å². The minimum atomic E-state index is -0.295. The first-order chi connectivity index (χ1) is 10.3. The van der Waals surface area contributed by atoms with Gasteiger partial charge in [0.15, 0.2) is 6.29 Å². The lowest BCUT2D eigenvalue weighted by Crippen LogP contribution is -2.04. The van der Waals surface area contributed by atoms with Gasteiger partial charge in [-0.3, -0.25) is 4.79 Å². The summed E-state index contributed by atoms with van der Waals surface area (Å²) < 4.78 is 14.9. The van der Waals surface area contributed by atoms with E-state index in [1.165, 1.54) is 12.1 Å². The summed E-state index contributed by atoms with van der Waals surface area (Å²) in [7, 11) is 0. The summed E-state index contributed by atoms with van der Waals surface area (Å²) >= 11 is 0. The Balaban J connectivity index is 2.03. The summed E-state index contributed by atoms with van der Waals surface area (Å²) in [5.41, 5.74) is 4.08. The Morgan fingerprint density at radius 1 is 1.19 bits per heavy atom. The fourth-order valence-corrected chi connectivity index (χ4v) is 2.84. The molecule has 1 aliphatic rings. The van der Waals surface area contributed by atoms with E-state index < -0.39 is 0 Å². The van der Waals surface area contributed by atoms with Crippen LogP contribution in [0.1, 0.15) is 34.7 Å². The highest BCUT2D eigenvalue weighted by Crippen LogP contribution is 2.44. The van der Waals surface area contributed by atoms with Crippen LogP contribution in [0.3, 0.4) is 0 Å². The average molecular weight is 280 g/mol. The second-order valence-electron chi connectivity index (χ2n) is 5.41. The summed E-state index contributed by atoms with van der Waals surface area (Å²) in [5, 5.41) is 4.54. The van der Waals surface area contributed by atoms with Gasteiger partial charge in [-0.15, -0.1) is 0 Å². The lowest BCUT2D eigenvalue weighted by atomic mass is 9.99. The molecule has 3 nitrogen and oxygen atoms in total. The van der Waals surface area contributed by atoms with E-state index in [1.54, 1.807) is 16.6 Å². The van der Waals surface area contributed by atoms with Crippen molar-refractivity contribution in [2.24, 2.45) is 0 Å². The van der Waals surface area contributed by atoms with Gasteiger partial charge < -0.3 is 0 Å². The fourth-order valence-electron chi connectivity index (χ4n) is 2.84. The molecular formula is C17H13FN2O. The first kappa shape index (κ1) is 12.3. The van der Waals surface area contributed by atoms with E-state index in [4.69, 9.17) is 0 Å². The van der Waals surface area contributed by atoms with Crippen molar-refractivity contribution in [3.05, 3.63) is 59.5 Å².